The Bertz CT molecular complexity index is 1050. The molecule has 33 heavy (non-hydrogen) atoms. The summed E-state index contributed by atoms with van der Waals surface area (Å²) in [5.74, 6) is -0.666. The third-order valence-electron chi connectivity index (χ3n) is 6.13. The number of anilines is 1. The molecule has 1 aromatic heterocycles. The Kier molecular flexibility index (Phi) is 7.01. The van der Waals surface area contributed by atoms with Crippen molar-refractivity contribution in [2.24, 2.45) is 11.8 Å². The SMILES string of the molecule is CC(C)c1noc(N2CCC(CC3COC(c4cc(F)c(S(C)(=O)=O)c(F)c4)OC3)CC2)n1. The van der Waals surface area contributed by atoms with Crippen LogP contribution < -0.4 is 4.90 Å². The van der Waals surface area contributed by atoms with E-state index in [0.29, 0.717) is 31.0 Å². The Labute approximate surface area is 192 Å². The molecule has 0 bridgehead atoms. The molecule has 4 rings (SSSR count). The van der Waals surface area contributed by atoms with Crippen molar-refractivity contribution in [2.75, 3.05) is 37.5 Å². The first-order valence-electron chi connectivity index (χ1n) is 11.1. The maximum absolute atomic E-state index is 14.2. The summed E-state index contributed by atoms with van der Waals surface area (Å²) in [4.78, 5) is 5.64. The number of aromatic nitrogens is 2. The summed E-state index contributed by atoms with van der Waals surface area (Å²) in [5.41, 5.74) is 0.129. The molecule has 182 valence electrons. The number of hydrogen-bond donors (Lipinski definition) is 0. The van der Waals surface area contributed by atoms with E-state index in [2.05, 4.69) is 15.0 Å². The standard InChI is InChI=1S/C22H29F2N3O5S/c1-13(2)20-25-22(32-26-20)27-6-4-14(5-7-27)8-15-11-30-21(31-12-15)16-9-17(23)19(18(24)10-16)33(3,28)29/h9-10,13-15,21H,4-8,11-12H2,1-3H3. The van der Waals surface area contributed by atoms with E-state index >= 15 is 0 Å². The Morgan fingerprint density at radius 1 is 1.09 bits per heavy atom. The zero-order chi connectivity index (χ0) is 23.8. The third-order valence-corrected chi connectivity index (χ3v) is 7.26. The summed E-state index contributed by atoms with van der Waals surface area (Å²) in [6, 6.07) is 2.50. The van der Waals surface area contributed by atoms with E-state index in [-0.39, 0.29) is 17.4 Å². The second-order valence-corrected chi connectivity index (χ2v) is 11.2. The first kappa shape index (κ1) is 24.0. The van der Waals surface area contributed by atoms with E-state index in [1.54, 1.807) is 0 Å². The van der Waals surface area contributed by atoms with Crippen LogP contribution in [0, 0.1) is 23.5 Å². The van der Waals surface area contributed by atoms with Crippen LogP contribution in [0.5, 0.6) is 0 Å². The van der Waals surface area contributed by atoms with E-state index in [1.807, 2.05) is 13.8 Å². The lowest BCUT2D eigenvalue weighted by molar-refractivity contribution is -0.207. The molecular weight excluding hydrogens is 456 g/mol. The average Bonchev–Trinajstić information content (AvgIpc) is 3.24. The van der Waals surface area contributed by atoms with Crippen molar-refractivity contribution < 1.29 is 31.2 Å². The number of hydrogen-bond acceptors (Lipinski definition) is 8. The van der Waals surface area contributed by atoms with Crippen molar-refractivity contribution in [1.29, 1.82) is 0 Å². The highest BCUT2D eigenvalue weighted by molar-refractivity contribution is 7.90. The van der Waals surface area contributed by atoms with Gasteiger partial charge in [-0.3, -0.25) is 0 Å². The normalized spacial score (nSPS) is 22.8. The van der Waals surface area contributed by atoms with Gasteiger partial charge in [0.25, 0.3) is 0 Å². The minimum Gasteiger partial charge on any atom is -0.348 e. The molecule has 2 aromatic rings. The summed E-state index contributed by atoms with van der Waals surface area (Å²) in [6.07, 6.45) is 2.75. The van der Waals surface area contributed by atoms with E-state index in [4.69, 9.17) is 14.0 Å². The highest BCUT2D eigenvalue weighted by atomic mass is 32.2. The average molecular weight is 486 g/mol. The third kappa shape index (κ3) is 5.52. The minimum absolute atomic E-state index is 0.129. The number of sulfone groups is 1. The molecule has 1 aromatic carbocycles. The van der Waals surface area contributed by atoms with Gasteiger partial charge in [0.2, 0.25) is 0 Å². The first-order chi connectivity index (χ1) is 15.6. The van der Waals surface area contributed by atoms with Gasteiger partial charge in [0, 0.05) is 36.7 Å². The van der Waals surface area contributed by atoms with Gasteiger partial charge in [-0.1, -0.05) is 19.0 Å². The molecule has 0 aliphatic carbocycles. The molecule has 0 unspecified atom stereocenters. The molecule has 0 radical (unpaired) electrons. The van der Waals surface area contributed by atoms with Crippen LogP contribution >= 0.6 is 0 Å². The fraction of sp³-hybridized carbons (Fsp3) is 0.636. The van der Waals surface area contributed by atoms with Crippen molar-refractivity contribution >= 4 is 15.9 Å². The predicted octanol–water partition coefficient (Wildman–Crippen LogP) is 3.84. The van der Waals surface area contributed by atoms with Gasteiger partial charge in [0.05, 0.1) is 13.2 Å². The molecule has 2 aliphatic rings. The zero-order valence-electron chi connectivity index (χ0n) is 19.0. The fourth-order valence-electron chi connectivity index (χ4n) is 4.36. The molecule has 0 saturated carbocycles. The van der Waals surface area contributed by atoms with E-state index in [9.17, 15) is 17.2 Å². The minimum atomic E-state index is -4.01. The van der Waals surface area contributed by atoms with Gasteiger partial charge in [-0.05, 0) is 37.3 Å². The summed E-state index contributed by atoms with van der Waals surface area (Å²) in [7, 11) is -4.01. The number of benzene rings is 1. The number of piperidine rings is 1. The van der Waals surface area contributed by atoms with Crippen molar-refractivity contribution in [3.63, 3.8) is 0 Å². The topological polar surface area (TPSA) is 94.8 Å². The molecule has 0 amide bonds. The van der Waals surface area contributed by atoms with Crippen molar-refractivity contribution in [2.45, 2.75) is 50.2 Å². The summed E-state index contributed by atoms with van der Waals surface area (Å²) >= 11 is 0. The number of ether oxygens (including phenoxy) is 2. The van der Waals surface area contributed by atoms with Gasteiger partial charge >= 0.3 is 6.01 Å². The largest absolute Gasteiger partial charge is 0.348 e. The molecule has 0 spiro atoms. The van der Waals surface area contributed by atoms with Gasteiger partial charge in [0.15, 0.2) is 22.0 Å². The van der Waals surface area contributed by atoms with Crippen molar-refractivity contribution in [1.82, 2.24) is 10.1 Å². The van der Waals surface area contributed by atoms with Crippen molar-refractivity contribution in [3.8, 4) is 0 Å². The monoisotopic (exact) mass is 485 g/mol. The Hall–Kier alpha value is -2.11. The predicted molar refractivity (Wildman–Crippen MR) is 116 cm³/mol. The van der Waals surface area contributed by atoms with Crippen LogP contribution in [0.3, 0.4) is 0 Å². The second-order valence-electron chi connectivity index (χ2n) is 9.21. The summed E-state index contributed by atoms with van der Waals surface area (Å²) in [6.45, 7) is 6.54. The molecular formula is C22H29F2N3O5S. The van der Waals surface area contributed by atoms with E-state index < -0.39 is 32.7 Å². The molecule has 11 heteroatoms. The molecule has 0 atom stereocenters. The highest BCUT2D eigenvalue weighted by Crippen LogP contribution is 2.33. The van der Waals surface area contributed by atoms with Gasteiger partial charge in [-0.25, -0.2) is 17.2 Å². The lowest BCUT2D eigenvalue weighted by atomic mass is 9.87. The maximum Gasteiger partial charge on any atom is 0.324 e. The van der Waals surface area contributed by atoms with Crippen LogP contribution in [0.25, 0.3) is 0 Å². The van der Waals surface area contributed by atoms with Crippen LogP contribution in [-0.4, -0.2) is 51.1 Å². The zero-order valence-corrected chi connectivity index (χ0v) is 19.8. The highest BCUT2D eigenvalue weighted by Gasteiger charge is 2.30. The maximum atomic E-state index is 14.2. The smallest absolute Gasteiger partial charge is 0.324 e. The van der Waals surface area contributed by atoms with Gasteiger partial charge < -0.3 is 18.9 Å². The number of nitrogens with zero attached hydrogens (tertiary/aromatic N) is 3. The molecule has 3 heterocycles. The van der Waals surface area contributed by atoms with Crippen LogP contribution in [0.15, 0.2) is 21.6 Å². The van der Waals surface area contributed by atoms with Crippen LogP contribution in [0.2, 0.25) is 0 Å². The molecule has 8 nitrogen and oxygen atoms in total. The molecule has 2 fully saturated rings. The first-order valence-corrected chi connectivity index (χ1v) is 13.0. The van der Waals surface area contributed by atoms with E-state index in [1.165, 1.54) is 0 Å². The quantitative estimate of drug-likeness (QED) is 0.609. The van der Waals surface area contributed by atoms with Crippen molar-refractivity contribution in [3.05, 3.63) is 35.2 Å². The molecule has 2 aliphatic heterocycles. The van der Waals surface area contributed by atoms with Gasteiger partial charge in [-0.15, -0.1) is 0 Å². The molecule has 0 N–H and O–H groups in total. The van der Waals surface area contributed by atoms with Gasteiger partial charge in [0.1, 0.15) is 16.5 Å². The number of rotatable bonds is 6. The molecule has 2 saturated heterocycles. The summed E-state index contributed by atoms with van der Waals surface area (Å²) < 4.78 is 68.3. The Morgan fingerprint density at radius 3 is 2.21 bits per heavy atom. The lowest BCUT2D eigenvalue weighted by Gasteiger charge is -2.35. The van der Waals surface area contributed by atoms with Crippen LogP contribution in [-0.2, 0) is 19.3 Å². The summed E-state index contributed by atoms with van der Waals surface area (Å²) in [5, 5.41) is 4.03. The van der Waals surface area contributed by atoms with Crippen LogP contribution in [0.4, 0.5) is 14.8 Å². The second kappa shape index (κ2) is 9.63. The lowest BCUT2D eigenvalue weighted by Crippen LogP contribution is -2.36. The van der Waals surface area contributed by atoms with E-state index in [0.717, 1.165) is 50.7 Å². The van der Waals surface area contributed by atoms with Gasteiger partial charge in [-0.2, -0.15) is 4.98 Å². The fourth-order valence-corrected chi connectivity index (χ4v) is 5.19. The Balaban J connectivity index is 1.27. The number of halogens is 2. The Morgan fingerprint density at radius 2 is 1.70 bits per heavy atom. The van der Waals surface area contributed by atoms with Crippen LogP contribution in [0.1, 0.15) is 56.7 Å².